The molecule has 0 aromatic carbocycles. The van der Waals surface area contributed by atoms with Crippen molar-refractivity contribution in [3.63, 3.8) is 0 Å². The van der Waals surface area contributed by atoms with Crippen molar-refractivity contribution in [1.82, 2.24) is 9.97 Å². The molecule has 2 heterocycles. The molecule has 0 aliphatic carbocycles. The molecule has 0 aliphatic rings. The second-order valence-electron chi connectivity index (χ2n) is 4.17. The van der Waals surface area contributed by atoms with E-state index < -0.39 is 0 Å². The minimum Gasteiger partial charge on any atom is -0.384 e. The molecule has 0 saturated heterocycles. The smallest absolute Gasteiger partial charge is 0.158 e. The molecule has 0 atom stereocenters. The Morgan fingerprint density at radius 3 is 2.89 bits per heavy atom. The summed E-state index contributed by atoms with van der Waals surface area (Å²) in [5.41, 5.74) is 8.32. The van der Waals surface area contributed by atoms with Crippen molar-refractivity contribution in [3.8, 4) is 0 Å². The monoisotopic (exact) mass is 278 g/mol. The first-order chi connectivity index (χ1) is 9.19. The lowest BCUT2D eigenvalue weighted by atomic mass is 10.2. The van der Waals surface area contributed by atoms with E-state index in [1.54, 1.807) is 17.4 Å². The fourth-order valence-electron chi connectivity index (χ4n) is 1.62. The van der Waals surface area contributed by atoms with Gasteiger partial charge < -0.3 is 15.8 Å². The summed E-state index contributed by atoms with van der Waals surface area (Å²) < 4.78 is 5.29. The van der Waals surface area contributed by atoms with Crippen LogP contribution in [0.1, 0.15) is 23.9 Å². The van der Waals surface area contributed by atoms with E-state index in [1.807, 2.05) is 6.92 Å². The highest BCUT2D eigenvalue weighted by molar-refractivity contribution is 7.08. The molecule has 0 aliphatic heterocycles. The minimum absolute atomic E-state index is 0.383. The lowest BCUT2D eigenvalue weighted by molar-refractivity contribution is 0.128. The first-order valence-corrected chi connectivity index (χ1v) is 7.10. The van der Waals surface area contributed by atoms with Gasteiger partial charge in [-0.3, -0.25) is 0 Å². The highest BCUT2D eigenvalue weighted by Gasteiger charge is 2.04. The minimum atomic E-state index is 0.383. The van der Waals surface area contributed by atoms with Crippen molar-refractivity contribution in [2.75, 3.05) is 17.7 Å². The molecule has 0 unspecified atom stereocenters. The molecule has 5 nitrogen and oxygen atoms in total. The Morgan fingerprint density at radius 2 is 2.21 bits per heavy atom. The Kier molecular flexibility index (Phi) is 4.70. The molecule has 19 heavy (non-hydrogen) atoms. The number of nitrogens with zero attached hydrogens (tertiary/aromatic N) is 2. The molecule has 0 saturated carbocycles. The van der Waals surface area contributed by atoms with Gasteiger partial charge in [-0.1, -0.05) is 0 Å². The summed E-state index contributed by atoms with van der Waals surface area (Å²) in [6, 6.07) is 1.73. The Labute approximate surface area is 116 Å². The van der Waals surface area contributed by atoms with Crippen LogP contribution in [-0.4, -0.2) is 16.6 Å². The number of hydrogen-bond donors (Lipinski definition) is 2. The van der Waals surface area contributed by atoms with Gasteiger partial charge in [0, 0.05) is 19.2 Å². The van der Waals surface area contributed by atoms with Gasteiger partial charge in [-0.15, -0.1) is 0 Å². The number of ether oxygens (including phenoxy) is 1. The van der Waals surface area contributed by atoms with Crippen LogP contribution in [0.5, 0.6) is 0 Å². The number of nitrogen functional groups attached to an aromatic ring is 1. The van der Waals surface area contributed by atoms with E-state index in [2.05, 4.69) is 33.0 Å². The number of aromatic nitrogens is 2. The molecule has 0 radical (unpaired) electrons. The molecule has 2 aromatic heterocycles. The maximum atomic E-state index is 5.77. The maximum absolute atomic E-state index is 5.77. The van der Waals surface area contributed by atoms with Crippen molar-refractivity contribution in [2.45, 2.75) is 27.0 Å². The highest BCUT2D eigenvalue weighted by Crippen LogP contribution is 2.16. The molecule has 3 N–H and O–H groups in total. The number of rotatable bonds is 6. The van der Waals surface area contributed by atoms with Gasteiger partial charge in [0.2, 0.25) is 0 Å². The fraction of sp³-hybridized carbons (Fsp3) is 0.385. The van der Waals surface area contributed by atoms with Crippen LogP contribution in [0.2, 0.25) is 0 Å². The van der Waals surface area contributed by atoms with Gasteiger partial charge in [-0.05, 0) is 35.7 Å². The summed E-state index contributed by atoms with van der Waals surface area (Å²) in [6.45, 7) is 5.79. The number of aryl methyl sites for hydroxylation is 1. The van der Waals surface area contributed by atoms with Gasteiger partial charge in [-0.2, -0.15) is 11.3 Å². The maximum Gasteiger partial charge on any atom is 0.158 e. The SMILES string of the molecule is CCOCc1nc(N)cc(NCc2cscc2C)n1. The number of anilines is 2. The fourth-order valence-corrected chi connectivity index (χ4v) is 2.48. The molecule has 6 heteroatoms. The summed E-state index contributed by atoms with van der Waals surface area (Å²) in [4.78, 5) is 8.51. The Balaban J connectivity index is 2.03. The van der Waals surface area contributed by atoms with Crippen molar-refractivity contribution >= 4 is 23.0 Å². The van der Waals surface area contributed by atoms with E-state index in [1.165, 1.54) is 11.1 Å². The summed E-state index contributed by atoms with van der Waals surface area (Å²) in [5.74, 6) is 1.79. The lowest BCUT2D eigenvalue weighted by Crippen LogP contribution is -2.07. The molecule has 0 spiro atoms. The summed E-state index contributed by atoms with van der Waals surface area (Å²) in [6.07, 6.45) is 0. The normalized spacial score (nSPS) is 10.6. The first kappa shape index (κ1) is 13.8. The number of thiophene rings is 1. The summed E-state index contributed by atoms with van der Waals surface area (Å²) in [7, 11) is 0. The van der Waals surface area contributed by atoms with Crippen LogP contribution in [0, 0.1) is 6.92 Å². The molecular weight excluding hydrogens is 260 g/mol. The van der Waals surface area contributed by atoms with Crippen LogP contribution in [0.25, 0.3) is 0 Å². The highest BCUT2D eigenvalue weighted by atomic mass is 32.1. The molecule has 0 fully saturated rings. The third-order valence-electron chi connectivity index (χ3n) is 2.65. The predicted octanol–water partition coefficient (Wildman–Crippen LogP) is 2.58. The van der Waals surface area contributed by atoms with E-state index in [0.29, 0.717) is 24.9 Å². The average Bonchev–Trinajstić information content (AvgIpc) is 2.79. The molecule has 2 rings (SSSR count). The summed E-state index contributed by atoms with van der Waals surface area (Å²) >= 11 is 1.70. The van der Waals surface area contributed by atoms with Crippen LogP contribution in [0.4, 0.5) is 11.6 Å². The Hall–Kier alpha value is -1.66. The zero-order valence-electron chi connectivity index (χ0n) is 11.1. The average molecular weight is 278 g/mol. The molecule has 0 amide bonds. The quantitative estimate of drug-likeness (QED) is 0.849. The number of nitrogens with two attached hydrogens (primary N) is 1. The molecular formula is C13H18N4OS. The topological polar surface area (TPSA) is 73.1 Å². The largest absolute Gasteiger partial charge is 0.384 e. The van der Waals surface area contributed by atoms with E-state index in [4.69, 9.17) is 10.5 Å². The summed E-state index contributed by atoms with van der Waals surface area (Å²) in [5, 5.41) is 7.53. The van der Waals surface area contributed by atoms with E-state index in [9.17, 15) is 0 Å². The van der Waals surface area contributed by atoms with Gasteiger partial charge in [-0.25, -0.2) is 9.97 Å². The van der Waals surface area contributed by atoms with Gasteiger partial charge >= 0.3 is 0 Å². The van der Waals surface area contributed by atoms with Gasteiger partial charge in [0.25, 0.3) is 0 Å². The second-order valence-corrected chi connectivity index (χ2v) is 4.91. The number of nitrogens with one attached hydrogen (secondary N) is 1. The van der Waals surface area contributed by atoms with Crippen molar-refractivity contribution in [1.29, 1.82) is 0 Å². The van der Waals surface area contributed by atoms with Crippen LogP contribution < -0.4 is 11.1 Å². The van der Waals surface area contributed by atoms with Crippen molar-refractivity contribution in [2.24, 2.45) is 0 Å². The van der Waals surface area contributed by atoms with Crippen molar-refractivity contribution in [3.05, 3.63) is 33.8 Å². The van der Waals surface area contributed by atoms with Gasteiger partial charge in [0.05, 0.1) is 0 Å². The van der Waals surface area contributed by atoms with Gasteiger partial charge in [0.1, 0.15) is 18.2 Å². The van der Waals surface area contributed by atoms with E-state index in [-0.39, 0.29) is 0 Å². The standard InChI is InChI=1S/C13H18N4OS/c1-3-18-6-13-16-11(14)4-12(17-13)15-5-10-8-19-7-9(10)2/h4,7-8H,3,5-6H2,1-2H3,(H3,14,15,16,17). The number of hydrogen-bond acceptors (Lipinski definition) is 6. The molecule has 2 aromatic rings. The third kappa shape index (κ3) is 3.90. The van der Waals surface area contributed by atoms with Crippen LogP contribution in [-0.2, 0) is 17.9 Å². The van der Waals surface area contributed by atoms with Crippen molar-refractivity contribution < 1.29 is 4.74 Å². The van der Waals surface area contributed by atoms with Crippen LogP contribution in [0.15, 0.2) is 16.8 Å². The zero-order chi connectivity index (χ0) is 13.7. The third-order valence-corrected chi connectivity index (χ3v) is 3.56. The first-order valence-electron chi connectivity index (χ1n) is 6.15. The molecule has 0 bridgehead atoms. The predicted molar refractivity (Wildman–Crippen MR) is 78.2 cm³/mol. The molecule has 102 valence electrons. The van der Waals surface area contributed by atoms with Gasteiger partial charge in [0.15, 0.2) is 5.82 Å². The zero-order valence-corrected chi connectivity index (χ0v) is 12.0. The Morgan fingerprint density at radius 1 is 1.37 bits per heavy atom. The second kappa shape index (κ2) is 6.49. The van der Waals surface area contributed by atoms with E-state index >= 15 is 0 Å². The van der Waals surface area contributed by atoms with E-state index in [0.717, 1.165) is 12.4 Å². The lowest BCUT2D eigenvalue weighted by Gasteiger charge is -2.08. The van der Waals surface area contributed by atoms with Crippen LogP contribution >= 0.6 is 11.3 Å². The van der Waals surface area contributed by atoms with Crippen LogP contribution in [0.3, 0.4) is 0 Å². The Bertz CT molecular complexity index is 541.